The SMILES string of the molecule is O=C(O)[C@@H]1CCCN1Cc1cc(Br)ccc1Cl. The average Bonchev–Trinajstić information content (AvgIpc) is 2.71. The first kappa shape index (κ1) is 12.9. The maximum absolute atomic E-state index is 11.1. The van der Waals surface area contributed by atoms with Crippen LogP contribution in [0.3, 0.4) is 0 Å². The molecule has 1 N–H and O–H groups in total. The summed E-state index contributed by atoms with van der Waals surface area (Å²) < 4.78 is 0.961. The van der Waals surface area contributed by atoms with E-state index in [-0.39, 0.29) is 6.04 Å². The van der Waals surface area contributed by atoms with Gasteiger partial charge in [-0.1, -0.05) is 27.5 Å². The van der Waals surface area contributed by atoms with E-state index in [1.54, 1.807) is 0 Å². The van der Waals surface area contributed by atoms with Gasteiger partial charge in [0.1, 0.15) is 6.04 Å². The Labute approximate surface area is 114 Å². The van der Waals surface area contributed by atoms with Gasteiger partial charge in [0.15, 0.2) is 0 Å². The van der Waals surface area contributed by atoms with E-state index in [0.717, 1.165) is 29.4 Å². The van der Waals surface area contributed by atoms with E-state index in [2.05, 4.69) is 15.9 Å². The molecule has 1 aromatic carbocycles. The minimum absolute atomic E-state index is 0.370. The molecule has 0 aliphatic carbocycles. The normalized spacial score (nSPS) is 20.7. The molecule has 0 bridgehead atoms. The lowest BCUT2D eigenvalue weighted by molar-refractivity contribution is -0.142. The molecule has 1 saturated heterocycles. The van der Waals surface area contributed by atoms with Crippen LogP contribution < -0.4 is 0 Å². The van der Waals surface area contributed by atoms with Gasteiger partial charge in [-0.3, -0.25) is 9.69 Å². The average molecular weight is 319 g/mol. The second kappa shape index (κ2) is 5.38. The zero-order valence-electron chi connectivity index (χ0n) is 9.20. The summed E-state index contributed by atoms with van der Waals surface area (Å²) in [4.78, 5) is 13.0. The number of benzene rings is 1. The first-order chi connectivity index (χ1) is 8.08. The van der Waals surface area contributed by atoms with Gasteiger partial charge in [-0.2, -0.15) is 0 Å². The summed E-state index contributed by atoms with van der Waals surface area (Å²) in [5.74, 6) is -0.742. The quantitative estimate of drug-likeness (QED) is 0.930. The molecule has 0 amide bonds. The zero-order chi connectivity index (χ0) is 12.4. The van der Waals surface area contributed by atoms with Crippen molar-refractivity contribution >= 4 is 33.5 Å². The molecule has 0 unspecified atom stereocenters. The summed E-state index contributed by atoms with van der Waals surface area (Å²) >= 11 is 9.50. The highest BCUT2D eigenvalue weighted by molar-refractivity contribution is 9.10. The molecule has 3 nitrogen and oxygen atoms in total. The van der Waals surface area contributed by atoms with Crippen LogP contribution in [0.15, 0.2) is 22.7 Å². The summed E-state index contributed by atoms with van der Waals surface area (Å²) in [5.41, 5.74) is 0.967. The molecule has 1 aliphatic rings. The van der Waals surface area contributed by atoms with Crippen LogP contribution in [0.1, 0.15) is 18.4 Å². The van der Waals surface area contributed by atoms with Crippen LogP contribution in [-0.4, -0.2) is 28.6 Å². The van der Waals surface area contributed by atoms with Crippen molar-refractivity contribution in [3.8, 4) is 0 Å². The predicted molar refractivity (Wildman–Crippen MR) is 70.2 cm³/mol. The molecular formula is C12H13BrClNO2. The van der Waals surface area contributed by atoms with E-state index >= 15 is 0 Å². The highest BCUT2D eigenvalue weighted by Crippen LogP contribution is 2.26. The largest absolute Gasteiger partial charge is 0.480 e. The Morgan fingerprint density at radius 3 is 3.06 bits per heavy atom. The third kappa shape index (κ3) is 3.00. The fraction of sp³-hybridized carbons (Fsp3) is 0.417. The lowest BCUT2D eigenvalue weighted by Gasteiger charge is -2.21. The molecule has 5 heteroatoms. The Balaban J connectivity index is 2.15. The Kier molecular flexibility index (Phi) is 4.07. The molecule has 0 saturated carbocycles. The summed E-state index contributed by atoms with van der Waals surface area (Å²) in [6.45, 7) is 1.41. The van der Waals surface area contributed by atoms with Crippen LogP contribution in [0.4, 0.5) is 0 Å². The van der Waals surface area contributed by atoms with Gasteiger partial charge in [0.05, 0.1) is 0 Å². The minimum atomic E-state index is -0.742. The molecule has 1 atom stereocenters. The van der Waals surface area contributed by atoms with Gasteiger partial charge in [0.2, 0.25) is 0 Å². The van der Waals surface area contributed by atoms with Crippen molar-refractivity contribution in [2.45, 2.75) is 25.4 Å². The van der Waals surface area contributed by atoms with Crippen molar-refractivity contribution < 1.29 is 9.90 Å². The number of hydrogen-bond acceptors (Lipinski definition) is 2. The maximum atomic E-state index is 11.1. The van der Waals surface area contributed by atoms with Crippen LogP contribution in [0.25, 0.3) is 0 Å². The molecular weight excluding hydrogens is 305 g/mol. The van der Waals surface area contributed by atoms with Gasteiger partial charge in [-0.05, 0) is 43.1 Å². The Morgan fingerprint density at radius 1 is 1.59 bits per heavy atom. The Hall–Kier alpha value is -0.580. The number of carbonyl (C=O) groups is 1. The lowest BCUT2D eigenvalue weighted by Crippen LogP contribution is -2.35. The van der Waals surface area contributed by atoms with Gasteiger partial charge < -0.3 is 5.11 Å². The second-order valence-electron chi connectivity index (χ2n) is 4.20. The third-order valence-electron chi connectivity index (χ3n) is 3.03. The molecule has 2 rings (SSSR count). The van der Waals surface area contributed by atoms with Crippen LogP contribution in [0.2, 0.25) is 5.02 Å². The Bertz CT molecular complexity index is 439. The number of nitrogens with zero attached hydrogens (tertiary/aromatic N) is 1. The zero-order valence-corrected chi connectivity index (χ0v) is 11.5. The van der Waals surface area contributed by atoms with Gasteiger partial charge in [0.25, 0.3) is 0 Å². The Morgan fingerprint density at radius 2 is 2.35 bits per heavy atom. The van der Waals surface area contributed by atoms with E-state index in [4.69, 9.17) is 16.7 Å². The minimum Gasteiger partial charge on any atom is -0.480 e. The molecule has 0 radical (unpaired) electrons. The van der Waals surface area contributed by atoms with Gasteiger partial charge in [0, 0.05) is 16.0 Å². The predicted octanol–water partition coefficient (Wildman–Crippen LogP) is 3.15. The molecule has 1 fully saturated rings. The van der Waals surface area contributed by atoms with E-state index in [1.165, 1.54) is 0 Å². The van der Waals surface area contributed by atoms with Gasteiger partial charge in [-0.25, -0.2) is 0 Å². The maximum Gasteiger partial charge on any atom is 0.320 e. The third-order valence-corrected chi connectivity index (χ3v) is 3.89. The number of hydrogen-bond donors (Lipinski definition) is 1. The van der Waals surface area contributed by atoms with Crippen molar-refractivity contribution in [3.63, 3.8) is 0 Å². The molecule has 17 heavy (non-hydrogen) atoms. The number of carboxylic acids is 1. The fourth-order valence-corrected chi connectivity index (χ4v) is 2.76. The van der Waals surface area contributed by atoms with Gasteiger partial charge >= 0.3 is 5.97 Å². The van der Waals surface area contributed by atoms with E-state index in [9.17, 15) is 4.79 Å². The highest BCUT2D eigenvalue weighted by atomic mass is 79.9. The second-order valence-corrected chi connectivity index (χ2v) is 5.53. The van der Waals surface area contributed by atoms with Crippen molar-refractivity contribution in [1.82, 2.24) is 4.90 Å². The summed E-state index contributed by atoms with van der Waals surface area (Å²) in [6, 6.07) is 5.28. The van der Waals surface area contributed by atoms with Crippen LogP contribution in [-0.2, 0) is 11.3 Å². The number of likely N-dealkylation sites (tertiary alicyclic amines) is 1. The van der Waals surface area contributed by atoms with Gasteiger partial charge in [-0.15, -0.1) is 0 Å². The number of rotatable bonds is 3. The lowest BCUT2D eigenvalue weighted by atomic mass is 10.2. The van der Waals surface area contributed by atoms with Crippen LogP contribution >= 0.6 is 27.5 Å². The molecule has 1 heterocycles. The van der Waals surface area contributed by atoms with E-state index in [1.807, 2.05) is 23.1 Å². The number of aliphatic carboxylic acids is 1. The van der Waals surface area contributed by atoms with Crippen molar-refractivity contribution in [2.24, 2.45) is 0 Å². The summed E-state index contributed by atoms with van der Waals surface area (Å²) in [5, 5.41) is 9.79. The van der Waals surface area contributed by atoms with E-state index in [0.29, 0.717) is 11.6 Å². The topological polar surface area (TPSA) is 40.5 Å². The molecule has 1 aliphatic heterocycles. The standard InChI is InChI=1S/C12H13BrClNO2/c13-9-3-4-10(14)8(6-9)7-15-5-1-2-11(15)12(16)17/h3-4,6,11H,1-2,5,7H2,(H,16,17)/t11-/m0/s1. The van der Waals surface area contributed by atoms with Crippen molar-refractivity contribution in [1.29, 1.82) is 0 Å². The first-order valence-corrected chi connectivity index (χ1v) is 6.66. The summed E-state index contributed by atoms with van der Waals surface area (Å²) in [7, 11) is 0. The first-order valence-electron chi connectivity index (χ1n) is 5.48. The van der Waals surface area contributed by atoms with Crippen molar-refractivity contribution in [3.05, 3.63) is 33.3 Å². The number of carboxylic acid groups (broad SMARTS) is 1. The monoisotopic (exact) mass is 317 g/mol. The van der Waals surface area contributed by atoms with Crippen LogP contribution in [0.5, 0.6) is 0 Å². The highest BCUT2D eigenvalue weighted by Gasteiger charge is 2.30. The smallest absolute Gasteiger partial charge is 0.320 e. The fourth-order valence-electron chi connectivity index (χ4n) is 2.18. The summed E-state index contributed by atoms with van der Waals surface area (Å²) in [6.07, 6.45) is 1.66. The number of halogens is 2. The molecule has 0 aromatic heterocycles. The van der Waals surface area contributed by atoms with Crippen LogP contribution in [0, 0.1) is 0 Å². The van der Waals surface area contributed by atoms with Crippen molar-refractivity contribution in [2.75, 3.05) is 6.54 Å². The molecule has 0 spiro atoms. The molecule has 92 valence electrons. The van der Waals surface area contributed by atoms with E-state index < -0.39 is 5.97 Å². The molecule has 1 aromatic rings.